The second-order valence-corrected chi connectivity index (χ2v) is 8.55. The third-order valence-electron chi connectivity index (χ3n) is 0.780. The van der Waals surface area contributed by atoms with Crippen molar-refractivity contribution in [2.75, 3.05) is 13.2 Å². The predicted octanol–water partition coefficient (Wildman–Crippen LogP) is 1.51. The SMILES string of the molecule is ClP1(=[Se])OCCCO1. The van der Waals surface area contributed by atoms with Gasteiger partial charge in [0, 0.05) is 0 Å². The summed E-state index contributed by atoms with van der Waals surface area (Å²) in [4.78, 5) is 0. The van der Waals surface area contributed by atoms with Crippen molar-refractivity contribution < 1.29 is 9.05 Å². The Bertz CT molecular complexity index is 118. The van der Waals surface area contributed by atoms with E-state index in [4.69, 9.17) is 20.3 Å². The van der Waals surface area contributed by atoms with Crippen molar-refractivity contribution in [2.24, 2.45) is 0 Å². The quantitative estimate of drug-likeness (QED) is 0.454. The summed E-state index contributed by atoms with van der Waals surface area (Å²) in [5, 5.41) is -1.99. The van der Waals surface area contributed by atoms with E-state index in [9.17, 15) is 0 Å². The van der Waals surface area contributed by atoms with E-state index in [0.29, 0.717) is 0 Å². The summed E-state index contributed by atoms with van der Waals surface area (Å²) in [6.45, 7) is 1.45. The van der Waals surface area contributed by atoms with Crippen LogP contribution in [-0.4, -0.2) is 28.3 Å². The molecule has 0 atom stereocenters. The molecule has 48 valence electrons. The van der Waals surface area contributed by atoms with Gasteiger partial charge in [0.1, 0.15) is 0 Å². The van der Waals surface area contributed by atoms with Crippen molar-refractivity contribution >= 4 is 31.7 Å². The van der Waals surface area contributed by atoms with Gasteiger partial charge in [-0.15, -0.1) is 0 Å². The first-order valence-corrected chi connectivity index (χ1v) is 7.04. The van der Waals surface area contributed by atoms with E-state index >= 15 is 0 Å². The Kier molecular flexibility index (Phi) is 2.57. The maximum atomic E-state index is 5.68. The molecule has 0 spiro atoms. The van der Waals surface area contributed by atoms with Crippen LogP contribution in [0.1, 0.15) is 6.42 Å². The van der Waals surface area contributed by atoms with Crippen molar-refractivity contribution in [2.45, 2.75) is 6.42 Å². The molecule has 2 nitrogen and oxygen atoms in total. The van der Waals surface area contributed by atoms with Gasteiger partial charge in [-0.05, 0) is 0 Å². The van der Waals surface area contributed by atoms with Crippen molar-refractivity contribution in [3.8, 4) is 0 Å². The minimum atomic E-state index is -1.99. The summed E-state index contributed by atoms with van der Waals surface area (Å²) in [6, 6.07) is 0. The van der Waals surface area contributed by atoms with Gasteiger partial charge in [0.25, 0.3) is 0 Å². The molecule has 1 rings (SSSR count). The van der Waals surface area contributed by atoms with Gasteiger partial charge in [0.15, 0.2) is 0 Å². The third-order valence-corrected chi connectivity index (χ3v) is 3.67. The van der Waals surface area contributed by atoms with Gasteiger partial charge in [-0.25, -0.2) is 0 Å². The van der Waals surface area contributed by atoms with E-state index in [2.05, 4.69) is 15.1 Å². The van der Waals surface area contributed by atoms with Crippen LogP contribution in [0.4, 0.5) is 0 Å². The van der Waals surface area contributed by atoms with Crippen LogP contribution in [0.25, 0.3) is 0 Å². The van der Waals surface area contributed by atoms with E-state index in [-0.39, 0.29) is 0 Å². The number of halogens is 1. The molecule has 1 saturated heterocycles. The Morgan fingerprint density at radius 1 is 1.38 bits per heavy atom. The molecule has 1 aliphatic rings. The third kappa shape index (κ3) is 2.18. The van der Waals surface area contributed by atoms with Crippen molar-refractivity contribution in [1.82, 2.24) is 0 Å². The first-order chi connectivity index (χ1) is 3.71. The molecule has 0 unspecified atom stereocenters. The van der Waals surface area contributed by atoms with E-state index in [1.807, 2.05) is 0 Å². The average molecular weight is 219 g/mol. The fraction of sp³-hybridized carbons (Fsp3) is 1.00. The zero-order valence-corrected chi connectivity index (χ0v) is 7.53. The average Bonchev–Trinajstić information content (AvgIpc) is 1.65. The van der Waals surface area contributed by atoms with Crippen LogP contribution < -0.4 is 0 Å². The topological polar surface area (TPSA) is 18.5 Å². The molecule has 0 aliphatic carbocycles. The van der Waals surface area contributed by atoms with Crippen molar-refractivity contribution in [1.29, 1.82) is 0 Å². The minimum absolute atomic E-state index is 0.726. The van der Waals surface area contributed by atoms with Gasteiger partial charge in [0.2, 0.25) is 0 Å². The van der Waals surface area contributed by atoms with E-state index in [1.54, 1.807) is 0 Å². The zero-order valence-electron chi connectivity index (χ0n) is 4.17. The molecule has 0 amide bonds. The van der Waals surface area contributed by atoms with Gasteiger partial charge in [-0.1, -0.05) is 0 Å². The van der Waals surface area contributed by atoms with Gasteiger partial charge in [0.05, 0.1) is 0 Å². The number of rotatable bonds is 0. The monoisotopic (exact) mass is 220 g/mol. The van der Waals surface area contributed by atoms with Crippen LogP contribution in [0, 0.1) is 0 Å². The summed E-state index contributed by atoms with van der Waals surface area (Å²) in [7, 11) is 0. The summed E-state index contributed by atoms with van der Waals surface area (Å²) >= 11 is 8.37. The van der Waals surface area contributed by atoms with E-state index in [1.165, 1.54) is 0 Å². The van der Waals surface area contributed by atoms with Gasteiger partial charge < -0.3 is 0 Å². The molecule has 1 aliphatic heterocycles. The molecular formula is C3H6ClO2PSe. The molecule has 0 radical (unpaired) electrons. The Morgan fingerprint density at radius 2 is 1.88 bits per heavy atom. The first kappa shape index (κ1) is 7.27. The van der Waals surface area contributed by atoms with Crippen LogP contribution in [-0.2, 0) is 9.05 Å². The van der Waals surface area contributed by atoms with Crippen LogP contribution in [0.5, 0.6) is 0 Å². The molecule has 8 heavy (non-hydrogen) atoms. The molecular weight excluding hydrogens is 213 g/mol. The summed E-state index contributed by atoms with van der Waals surface area (Å²) in [5.74, 6) is 0. The van der Waals surface area contributed by atoms with E-state index in [0.717, 1.165) is 19.6 Å². The van der Waals surface area contributed by atoms with Gasteiger partial charge in [-0.3, -0.25) is 0 Å². The van der Waals surface area contributed by atoms with Gasteiger partial charge >= 0.3 is 60.3 Å². The van der Waals surface area contributed by atoms with Crippen LogP contribution in [0.2, 0.25) is 0 Å². The molecule has 0 saturated carbocycles. The summed E-state index contributed by atoms with van der Waals surface area (Å²) in [6.07, 6.45) is 0.955. The molecule has 0 aromatic rings. The first-order valence-electron chi connectivity index (χ1n) is 2.29. The maximum absolute atomic E-state index is 5.68. The fourth-order valence-corrected chi connectivity index (χ4v) is 2.56. The molecule has 0 N–H and O–H groups in total. The van der Waals surface area contributed by atoms with Crippen LogP contribution in [0.3, 0.4) is 0 Å². The second-order valence-electron chi connectivity index (χ2n) is 1.45. The zero-order chi connectivity index (χ0) is 6.04. The number of hydrogen-bond acceptors (Lipinski definition) is 2. The molecule has 5 heteroatoms. The van der Waals surface area contributed by atoms with Crippen molar-refractivity contribution in [3.05, 3.63) is 0 Å². The summed E-state index contributed by atoms with van der Waals surface area (Å²) < 4.78 is 10.1. The van der Waals surface area contributed by atoms with Crippen LogP contribution in [0.15, 0.2) is 0 Å². The standard InChI is InChI=1S/C3H6ClO2PSe/c4-7(8)5-2-1-3-6-7/h1-3H2. The van der Waals surface area contributed by atoms with E-state index < -0.39 is 5.32 Å². The number of hydrogen-bond donors (Lipinski definition) is 0. The second kappa shape index (κ2) is 2.83. The van der Waals surface area contributed by atoms with Crippen LogP contribution >= 0.6 is 16.6 Å². The fourth-order valence-electron chi connectivity index (χ4n) is 0.443. The normalized spacial score (nSPS) is 27.6. The molecule has 1 heterocycles. The Balaban J connectivity index is 2.45. The molecule has 1 fully saturated rings. The Labute approximate surface area is 60.7 Å². The Morgan fingerprint density at radius 3 is 2.12 bits per heavy atom. The van der Waals surface area contributed by atoms with Gasteiger partial charge in [-0.2, -0.15) is 0 Å². The molecule has 0 aromatic carbocycles. The predicted molar refractivity (Wildman–Crippen MR) is 35.0 cm³/mol. The van der Waals surface area contributed by atoms with Crippen molar-refractivity contribution in [3.63, 3.8) is 0 Å². The molecule has 0 aromatic heterocycles. The molecule has 0 bridgehead atoms. The Hall–Kier alpha value is 1.16. The summed E-state index contributed by atoms with van der Waals surface area (Å²) in [5.41, 5.74) is 0.